The average Bonchev–Trinajstić information content (AvgIpc) is 3.04. The van der Waals surface area contributed by atoms with Crippen molar-refractivity contribution in [1.29, 1.82) is 0 Å². The number of rotatable bonds is 2. The summed E-state index contributed by atoms with van der Waals surface area (Å²) in [5, 5.41) is 8.53. The maximum Gasteiger partial charge on any atom is 0.250 e. The summed E-state index contributed by atoms with van der Waals surface area (Å²) in [4.78, 5) is 8.95. The van der Waals surface area contributed by atoms with Crippen molar-refractivity contribution in [3.8, 4) is 0 Å². The van der Waals surface area contributed by atoms with Crippen LogP contribution in [0.2, 0.25) is 0 Å². The molecule has 0 amide bonds. The van der Waals surface area contributed by atoms with E-state index >= 15 is 0 Å². The van der Waals surface area contributed by atoms with Crippen LogP contribution in [0.4, 0.5) is 11.9 Å². The molecular formula is C16H14N6. The molecule has 0 radical (unpaired) electrons. The molecule has 4 aromatic rings. The zero-order valence-corrected chi connectivity index (χ0v) is 12.3. The Bertz CT molecular complexity index is 926. The number of para-hydroxylation sites is 4. The van der Waals surface area contributed by atoms with E-state index in [2.05, 4.69) is 20.2 Å². The van der Waals surface area contributed by atoms with Crippen molar-refractivity contribution in [3.63, 3.8) is 0 Å². The van der Waals surface area contributed by atoms with Crippen molar-refractivity contribution >= 4 is 34.0 Å². The van der Waals surface area contributed by atoms with Crippen LogP contribution in [0.1, 0.15) is 0 Å². The molecule has 0 fully saturated rings. The van der Waals surface area contributed by atoms with E-state index in [0.29, 0.717) is 11.9 Å². The molecule has 22 heavy (non-hydrogen) atoms. The Morgan fingerprint density at radius 1 is 0.682 bits per heavy atom. The first-order chi connectivity index (χ1) is 10.7. The van der Waals surface area contributed by atoms with Gasteiger partial charge in [-0.3, -0.25) is 0 Å². The summed E-state index contributed by atoms with van der Waals surface area (Å²) in [6.07, 6.45) is 0. The molecule has 0 aliphatic carbocycles. The smallest absolute Gasteiger partial charge is 0.250 e. The number of aryl methyl sites for hydroxylation is 2. The van der Waals surface area contributed by atoms with Crippen LogP contribution in [0.15, 0.2) is 58.8 Å². The third kappa shape index (κ3) is 1.88. The van der Waals surface area contributed by atoms with Gasteiger partial charge in [-0.05, 0) is 24.3 Å². The van der Waals surface area contributed by atoms with E-state index in [1.165, 1.54) is 0 Å². The minimum Gasteiger partial charge on any atom is -0.310 e. The normalized spacial score (nSPS) is 11.9. The molecule has 2 aromatic heterocycles. The lowest BCUT2D eigenvalue weighted by molar-refractivity contribution is 0.885. The molecule has 0 aliphatic heterocycles. The molecule has 4 rings (SSSR count). The van der Waals surface area contributed by atoms with Crippen LogP contribution in [-0.4, -0.2) is 19.1 Å². The van der Waals surface area contributed by atoms with Crippen LogP contribution in [0.5, 0.6) is 0 Å². The monoisotopic (exact) mass is 290 g/mol. The van der Waals surface area contributed by atoms with Gasteiger partial charge >= 0.3 is 0 Å². The lowest BCUT2D eigenvalue weighted by atomic mass is 10.3. The Kier molecular flexibility index (Phi) is 2.75. The molecule has 0 saturated carbocycles. The number of aromatic nitrogens is 4. The first-order valence-corrected chi connectivity index (χ1v) is 6.99. The van der Waals surface area contributed by atoms with E-state index in [1.54, 1.807) is 0 Å². The van der Waals surface area contributed by atoms with Crippen molar-refractivity contribution in [1.82, 2.24) is 19.1 Å². The van der Waals surface area contributed by atoms with E-state index in [1.807, 2.05) is 71.8 Å². The van der Waals surface area contributed by atoms with Crippen molar-refractivity contribution in [3.05, 3.63) is 48.5 Å². The molecule has 0 aliphatic rings. The molecule has 6 nitrogen and oxygen atoms in total. The van der Waals surface area contributed by atoms with Gasteiger partial charge in [-0.2, -0.15) is 0 Å². The lowest BCUT2D eigenvalue weighted by Crippen LogP contribution is -1.87. The highest BCUT2D eigenvalue weighted by molar-refractivity contribution is 5.78. The molecule has 108 valence electrons. The zero-order chi connectivity index (χ0) is 15.1. The Hall–Kier alpha value is -3.02. The minimum absolute atomic E-state index is 0.563. The fourth-order valence-corrected chi connectivity index (χ4v) is 2.53. The van der Waals surface area contributed by atoms with Crippen LogP contribution in [0, 0.1) is 0 Å². The lowest BCUT2D eigenvalue weighted by Gasteiger charge is -1.96. The summed E-state index contributed by atoms with van der Waals surface area (Å²) >= 11 is 0. The number of hydrogen-bond donors (Lipinski definition) is 0. The second-order valence-corrected chi connectivity index (χ2v) is 5.12. The maximum absolute atomic E-state index is 4.48. The van der Waals surface area contributed by atoms with Gasteiger partial charge < -0.3 is 9.13 Å². The third-order valence-electron chi connectivity index (χ3n) is 3.76. The highest BCUT2D eigenvalue weighted by Gasteiger charge is 2.08. The van der Waals surface area contributed by atoms with Crippen LogP contribution in [-0.2, 0) is 14.1 Å². The van der Waals surface area contributed by atoms with E-state index in [4.69, 9.17) is 0 Å². The first kappa shape index (κ1) is 12.7. The van der Waals surface area contributed by atoms with Gasteiger partial charge in [0.1, 0.15) is 0 Å². The molecule has 0 atom stereocenters. The zero-order valence-electron chi connectivity index (χ0n) is 12.3. The van der Waals surface area contributed by atoms with Gasteiger partial charge in [0.05, 0.1) is 22.1 Å². The Morgan fingerprint density at radius 2 is 1.09 bits per heavy atom. The average molecular weight is 290 g/mol. The predicted molar refractivity (Wildman–Crippen MR) is 85.6 cm³/mol. The minimum atomic E-state index is 0.563. The van der Waals surface area contributed by atoms with Gasteiger partial charge in [0.2, 0.25) is 11.9 Å². The summed E-state index contributed by atoms with van der Waals surface area (Å²) in [5.41, 5.74) is 3.87. The van der Waals surface area contributed by atoms with Gasteiger partial charge in [-0.1, -0.05) is 24.3 Å². The summed E-state index contributed by atoms with van der Waals surface area (Å²) < 4.78 is 3.84. The summed E-state index contributed by atoms with van der Waals surface area (Å²) in [6, 6.07) is 15.8. The molecular weight excluding hydrogens is 276 g/mol. The number of fused-ring (bicyclic) bond motifs is 2. The van der Waals surface area contributed by atoms with Crippen LogP contribution in [0.3, 0.4) is 0 Å². The van der Waals surface area contributed by atoms with Crippen molar-refractivity contribution in [2.45, 2.75) is 0 Å². The SMILES string of the molecule is Cn1c(N=Nc2nc3ccccc3n2C)nc2ccccc21. The second-order valence-electron chi connectivity index (χ2n) is 5.12. The van der Waals surface area contributed by atoms with Crippen LogP contribution in [0.25, 0.3) is 22.1 Å². The van der Waals surface area contributed by atoms with Crippen molar-refractivity contribution in [2.75, 3.05) is 0 Å². The largest absolute Gasteiger partial charge is 0.310 e. The van der Waals surface area contributed by atoms with Gasteiger partial charge in [-0.15, -0.1) is 10.2 Å². The highest BCUT2D eigenvalue weighted by atomic mass is 15.3. The molecule has 0 N–H and O–H groups in total. The van der Waals surface area contributed by atoms with E-state index in [0.717, 1.165) is 22.1 Å². The number of nitrogens with zero attached hydrogens (tertiary/aromatic N) is 6. The number of hydrogen-bond acceptors (Lipinski definition) is 4. The summed E-state index contributed by atoms with van der Waals surface area (Å²) in [7, 11) is 3.86. The van der Waals surface area contributed by atoms with Gasteiger partial charge in [0, 0.05) is 14.1 Å². The predicted octanol–water partition coefficient (Wildman–Crippen LogP) is 3.88. The molecule has 0 bridgehead atoms. The van der Waals surface area contributed by atoms with Gasteiger partial charge in [-0.25, -0.2) is 9.97 Å². The molecule has 2 aromatic carbocycles. The first-order valence-electron chi connectivity index (χ1n) is 6.99. The van der Waals surface area contributed by atoms with E-state index < -0.39 is 0 Å². The number of azo groups is 1. The Morgan fingerprint density at radius 3 is 1.50 bits per heavy atom. The molecule has 0 saturated heterocycles. The van der Waals surface area contributed by atoms with Gasteiger partial charge in [0.25, 0.3) is 0 Å². The third-order valence-corrected chi connectivity index (χ3v) is 3.76. The molecule has 6 heteroatoms. The molecule has 2 heterocycles. The fraction of sp³-hybridized carbons (Fsp3) is 0.125. The van der Waals surface area contributed by atoms with E-state index in [-0.39, 0.29) is 0 Å². The van der Waals surface area contributed by atoms with Crippen molar-refractivity contribution < 1.29 is 0 Å². The molecule has 0 spiro atoms. The highest BCUT2D eigenvalue weighted by Crippen LogP contribution is 2.24. The van der Waals surface area contributed by atoms with Crippen LogP contribution >= 0.6 is 0 Å². The fourth-order valence-electron chi connectivity index (χ4n) is 2.53. The Balaban J connectivity index is 1.79. The van der Waals surface area contributed by atoms with Crippen LogP contribution < -0.4 is 0 Å². The number of benzene rings is 2. The Labute approximate surface area is 126 Å². The topological polar surface area (TPSA) is 60.4 Å². The summed E-state index contributed by atoms with van der Waals surface area (Å²) in [5.74, 6) is 1.13. The standard InChI is InChI=1S/C16H14N6/c1-21-13-9-5-3-7-11(13)17-15(21)19-20-16-18-12-8-4-6-10-14(12)22(16)2/h3-10H,1-2H3. The van der Waals surface area contributed by atoms with E-state index in [9.17, 15) is 0 Å². The van der Waals surface area contributed by atoms with Gasteiger partial charge in [0.15, 0.2) is 0 Å². The number of imidazole rings is 2. The van der Waals surface area contributed by atoms with Crippen molar-refractivity contribution in [2.24, 2.45) is 24.3 Å². The molecule has 0 unspecified atom stereocenters. The quantitative estimate of drug-likeness (QED) is 0.526. The summed E-state index contributed by atoms with van der Waals surface area (Å²) in [6.45, 7) is 0. The second kappa shape index (κ2) is 4.77. The maximum atomic E-state index is 4.48.